The van der Waals surface area contributed by atoms with Crippen LogP contribution in [-0.2, 0) is 6.42 Å². The number of rotatable bonds is 6. The molecule has 2 aromatic rings. The third-order valence-corrected chi connectivity index (χ3v) is 5.39. The van der Waals surface area contributed by atoms with E-state index in [1.54, 1.807) is 11.3 Å². The van der Waals surface area contributed by atoms with Gasteiger partial charge in [-0.15, -0.1) is 11.3 Å². The highest BCUT2D eigenvalue weighted by Gasteiger charge is 2.18. The molecule has 1 aliphatic rings. The highest BCUT2D eigenvalue weighted by Crippen LogP contribution is 2.33. The minimum absolute atomic E-state index is 0.0745. The summed E-state index contributed by atoms with van der Waals surface area (Å²) in [5.74, 6) is -0.759. The van der Waals surface area contributed by atoms with Crippen LogP contribution >= 0.6 is 11.3 Å². The van der Waals surface area contributed by atoms with Gasteiger partial charge in [0.15, 0.2) is 0 Å². The van der Waals surface area contributed by atoms with E-state index in [1.165, 1.54) is 56.1 Å². The van der Waals surface area contributed by atoms with Crippen molar-refractivity contribution in [1.82, 2.24) is 15.3 Å². The van der Waals surface area contributed by atoms with Crippen molar-refractivity contribution in [2.45, 2.75) is 44.4 Å². The van der Waals surface area contributed by atoms with Crippen molar-refractivity contribution >= 4 is 23.2 Å². The summed E-state index contributed by atoms with van der Waals surface area (Å²) in [6, 6.07) is 2.80. The average molecular weight is 359 g/mol. The lowest BCUT2D eigenvalue weighted by Gasteiger charge is -2.19. The third kappa shape index (κ3) is 4.63. The van der Waals surface area contributed by atoms with Crippen molar-refractivity contribution in [3.05, 3.63) is 45.7 Å². The molecule has 0 spiro atoms. The number of pyridine rings is 1. The number of carboxylic acid groups (broad SMARTS) is 1. The van der Waals surface area contributed by atoms with Gasteiger partial charge in [-0.2, -0.15) is 0 Å². The highest BCUT2D eigenvalue weighted by molar-refractivity contribution is 7.09. The van der Waals surface area contributed by atoms with Gasteiger partial charge in [0.25, 0.3) is 5.91 Å². The SMILES string of the molecule is O=C(NCCc1nc(C2CCCCC2)cs1)c1ccc(C(=O)O)nc1. The zero-order chi connectivity index (χ0) is 17.6. The van der Waals surface area contributed by atoms with Gasteiger partial charge in [0, 0.05) is 30.5 Å². The smallest absolute Gasteiger partial charge is 0.354 e. The molecule has 2 aromatic heterocycles. The van der Waals surface area contributed by atoms with Crippen LogP contribution < -0.4 is 5.32 Å². The maximum absolute atomic E-state index is 12.1. The number of aromatic nitrogens is 2. The van der Waals surface area contributed by atoms with Gasteiger partial charge in [0.05, 0.1) is 16.3 Å². The van der Waals surface area contributed by atoms with Crippen LogP contribution in [0.2, 0.25) is 0 Å². The average Bonchev–Trinajstić information content (AvgIpc) is 3.11. The molecule has 0 aliphatic heterocycles. The molecule has 6 nitrogen and oxygen atoms in total. The second-order valence-electron chi connectivity index (χ2n) is 6.24. The zero-order valence-corrected chi connectivity index (χ0v) is 14.7. The molecule has 0 aromatic carbocycles. The number of nitrogens with zero attached hydrogens (tertiary/aromatic N) is 2. The quantitative estimate of drug-likeness (QED) is 0.826. The number of hydrogen-bond acceptors (Lipinski definition) is 5. The maximum Gasteiger partial charge on any atom is 0.354 e. The Morgan fingerprint density at radius 3 is 2.72 bits per heavy atom. The summed E-state index contributed by atoms with van der Waals surface area (Å²) in [5.41, 5.74) is 1.49. The molecule has 0 radical (unpaired) electrons. The fraction of sp³-hybridized carbons (Fsp3) is 0.444. The minimum Gasteiger partial charge on any atom is -0.477 e. The molecule has 132 valence electrons. The van der Waals surface area contributed by atoms with E-state index in [0.717, 1.165) is 5.01 Å². The molecule has 3 rings (SSSR count). The van der Waals surface area contributed by atoms with Crippen molar-refractivity contribution < 1.29 is 14.7 Å². The number of amides is 1. The van der Waals surface area contributed by atoms with Gasteiger partial charge < -0.3 is 10.4 Å². The number of carboxylic acids is 1. The first kappa shape index (κ1) is 17.5. The van der Waals surface area contributed by atoms with Crippen LogP contribution in [0.25, 0.3) is 0 Å². The van der Waals surface area contributed by atoms with Gasteiger partial charge in [-0.3, -0.25) is 4.79 Å². The number of carbonyl (C=O) groups is 2. The molecule has 0 atom stereocenters. The molecular formula is C18H21N3O3S. The first-order valence-electron chi connectivity index (χ1n) is 8.55. The van der Waals surface area contributed by atoms with Gasteiger partial charge in [-0.1, -0.05) is 19.3 Å². The molecule has 2 N–H and O–H groups in total. The Hall–Kier alpha value is -2.28. The lowest BCUT2D eigenvalue weighted by Crippen LogP contribution is -2.26. The summed E-state index contributed by atoms with van der Waals surface area (Å²) >= 11 is 1.66. The molecule has 25 heavy (non-hydrogen) atoms. The normalized spacial score (nSPS) is 15.0. The van der Waals surface area contributed by atoms with E-state index in [9.17, 15) is 9.59 Å². The highest BCUT2D eigenvalue weighted by atomic mass is 32.1. The van der Waals surface area contributed by atoms with Crippen molar-refractivity contribution in [2.75, 3.05) is 6.54 Å². The lowest BCUT2D eigenvalue weighted by atomic mass is 9.87. The van der Waals surface area contributed by atoms with Gasteiger partial charge in [-0.25, -0.2) is 14.8 Å². The third-order valence-electron chi connectivity index (χ3n) is 4.46. The molecule has 2 heterocycles. The van der Waals surface area contributed by atoms with Gasteiger partial charge >= 0.3 is 5.97 Å². The number of nitrogens with one attached hydrogen (secondary N) is 1. The zero-order valence-electron chi connectivity index (χ0n) is 13.9. The van der Waals surface area contributed by atoms with Gasteiger partial charge in [-0.05, 0) is 25.0 Å². The molecule has 0 unspecified atom stereocenters. The monoisotopic (exact) mass is 359 g/mol. The Kier molecular flexibility index (Phi) is 5.75. The Bertz CT molecular complexity index is 736. The van der Waals surface area contributed by atoms with Crippen LogP contribution in [0.3, 0.4) is 0 Å². The summed E-state index contributed by atoms with van der Waals surface area (Å²) < 4.78 is 0. The molecule has 1 saturated carbocycles. The second kappa shape index (κ2) is 8.20. The summed E-state index contributed by atoms with van der Waals surface area (Å²) in [5, 5.41) is 14.8. The van der Waals surface area contributed by atoms with Crippen LogP contribution in [0.5, 0.6) is 0 Å². The predicted molar refractivity (Wildman–Crippen MR) is 95.2 cm³/mol. The van der Waals surface area contributed by atoms with Crippen molar-refractivity contribution in [2.24, 2.45) is 0 Å². The van der Waals surface area contributed by atoms with Gasteiger partial charge in [0.1, 0.15) is 5.69 Å². The Labute approximate surface area is 150 Å². The largest absolute Gasteiger partial charge is 0.477 e. The van der Waals surface area contributed by atoms with E-state index in [2.05, 4.69) is 15.7 Å². The number of hydrogen-bond donors (Lipinski definition) is 2. The van der Waals surface area contributed by atoms with E-state index in [-0.39, 0.29) is 11.6 Å². The fourth-order valence-electron chi connectivity index (χ4n) is 3.07. The second-order valence-corrected chi connectivity index (χ2v) is 7.19. The Morgan fingerprint density at radius 1 is 1.24 bits per heavy atom. The first-order chi connectivity index (χ1) is 12.1. The molecule has 7 heteroatoms. The van der Waals surface area contributed by atoms with E-state index in [0.29, 0.717) is 24.4 Å². The number of aromatic carboxylic acids is 1. The van der Waals surface area contributed by atoms with Crippen molar-refractivity contribution in [3.8, 4) is 0 Å². The Morgan fingerprint density at radius 2 is 2.04 bits per heavy atom. The topological polar surface area (TPSA) is 92.2 Å². The molecular weight excluding hydrogens is 338 g/mol. The van der Waals surface area contributed by atoms with E-state index < -0.39 is 5.97 Å². The van der Waals surface area contributed by atoms with E-state index >= 15 is 0 Å². The summed E-state index contributed by atoms with van der Waals surface area (Å²) in [6.45, 7) is 0.497. The van der Waals surface area contributed by atoms with Crippen LogP contribution in [-0.4, -0.2) is 33.5 Å². The molecule has 0 bridgehead atoms. The maximum atomic E-state index is 12.1. The predicted octanol–water partition coefficient (Wildman–Crippen LogP) is 3.26. The molecule has 1 fully saturated rings. The standard InChI is InChI=1S/C18H21N3O3S/c22-17(13-6-7-14(18(23)24)20-10-13)19-9-8-16-21-15(11-25-16)12-4-2-1-3-5-12/h6-7,10-12H,1-5,8-9H2,(H,19,22)(H,23,24). The van der Waals surface area contributed by atoms with Gasteiger partial charge in [0.2, 0.25) is 0 Å². The van der Waals surface area contributed by atoms with Crippen molar-refractivity contribution in [3.63, 3.8) is 0 Å². The first-order valence-corrected chi connectivity index (χ1v) is 9.43. The summed E-state index contributed by atoms with van der Waals surface area (Å²) in [6.07, 6.45) is 8.37. The number of carbonyl (C=O) groups excluding carboxylic acids is 1. The van der Waals surface area contributed by atoms with E-state index in [4.69, 9.17) is 10.1 Å². The fourth-order valence-corrected chi connectivity index (χ4v) is 3.95. The lowest BCUT2D eigenvalue weighted by molar-refractivity contribution is 0.0689. The summed E-state index contributed by atoms with van der Waals surface area (Å²) in [4.78, 5) is 31.3. The molecule has 1 amide bonds. The van der Waals surface area contributed by atoms with Crippen LogP contribution in [0, 0.1) is 0 Å². The van der Waals surface area contributed by atoms with Crippen molar-refractivity contribution in [1.29, 1.82) is 0 Å². The van der Waals surface area contributed by atoms with Crippen LogP contribution in [0.15, 0.2) is 23.7 Å². The number of thiazole rings is 1. The molecule has 1 aliphatic carbocycles. The molecule has 0 saturated heterocycles. The van der Waals surface area contributed by atoms with E-state index in [1.807, 2.05) is 0 Å². The van der Waals surface area contributed by atoms with Crippen LogP contribution in [0.4, 0.5) is 0 Å². The van der Waals surface area contributed by atoms with Crippen LogP contribution in [0.1, 0.15) is 69.6 Å². The summed E-state index contributed by atoms with van der Waals surface area (Å²) in [7, 11) is 0. The Balaban J connectivity index is 1.48. The minimum atomic E-state index is -1.11.